The number of carbonyl (C=O) groups is 1. The molecular weight excluding hydrogens is 427 g/mol. The second-order valence-electron chi connectivity index (χ2n) is 8.26. The Hall–Kier alpha value is -3.65. The molecule has 1 N–H and O–H groups in total. The average Bonchev–Trinajstić information content (AvgIpc) is 3.23. The van der Waals surface area contributed by atoms with Gasteiger partial charge in [0.15, 0.2) is 5.13 Å². The highest BCUT2D eigenvalue weighted by molar-refractivity contribution is 7.14. The van der Waals surface area contributed by atoms with Crippen molar-refractivity contribution in [3.63, 3.8) is 0 Å². The fourth-order valence-electron chi connectivity index (χ4n) is 3.07. The Morgan fingerprint density at radius 3 is 2.34 bits per heavy atom. The molecule has 0 bridgehead atoms. The van der Waals surface area contributed by atoms with Gasteiger partial charge in [-0.15, -0.1) is 11.3 Å². The van der Waals surface area contributed by atoms with E-state index in [4.69, 9.17) is 0 Å². The third-order valence-corrected chi connectivity index (χ3v) is 5.63. The van der Waals surface area contributed by atoms with Crippen LogP contribution in [-0.4, -0.2) is 20.7 Å². The first-order chi connectivity index (χ1) is 15.2. The maximum Gasteiger partial charge on any atom is 0.277 e. The molecule has 8 heteroatoms. The first kappa shape index (κ1) is 21.6. The van der Waals surface area contributed by atoms with Gasteiger partial charge in [0, 0.05) is 17.0 Å². The number of aromatic nitrogens is 3. The van der Waals surface area contributed by atoms with Gasteiger partial charge in [0.05, 0.1) is 11.4 Å². The van der Waals surface area contributed by atoms with Gasteiger partial charge in [0.1, 0.15) is 11.5 Å². The fourth-order valence-corrected chi connectivity index (χ4v) is 3.78. The number of hydrogen-bond donors (Lipinski definition) is 1. The number of hydrogen-bond acceptors (Lipinski definition) is 5. The number of thiazole rings is 1. The highest BCUT2D eigenvalue weighted by atomic mass is 32.1. The Kier molecular flexibility index (Phi) is 5.71. The van der Waals surface area contributed by atoms with E-state index in [0.717, 1.165) is 15.9 Å². The van der Waals surface area contributed by atoms with Crippen molar-refractivity contribution in [1.29, 1.82) is 0 Å². The predicted octanol–water partition coefficient (Wildman–Crippen LogP) is 5.04. The number of amides is 1. The molecule has 2 aromatic carbocycles. The van der Waals surface area contributed by atoms with Crippen molar-refractivity contribution in [3.05, 3.63) is 93.5 Å². The average molecular weight is 449 g/mol. The van der Waals surface area contributed by atoms with Crippen LogP contribution in [0, 0.1) is 5.82 Å². The molecule has 0 unspecified atom stereocenters. The molecule has 162 valence electrons. The van der Waals surface area contributed by atoms with Crippen LogP contribution in [0.5, 0.6) is 0 Å². The highest BCUT2D eigenvalue weighted by Gasteiger charge is 2.15. The highest BCUT2D eigenvalue weighted by Crippen LogP contribution is 2.28. The van der Waals surface area contributed by atoms with Crippen LogP contribution in [0.3, 0.4) is 0 Å². The molecule has 0 aliphatic heterocycles. The number of nitrogens with one attached hydrogen (secondary N) is 1. The molecule has 0 fully saturated rings. The Bertz CT molecular complexity index is 1320. The molecule has 4 aromatic rings. The molecule has 2 heterocycles. The summed E-state index contributed by atoms with van der Waals surface area (Å²) in [6.07, 6.45) is 0. The summed E-state index contributed by atoms with van der Waals surface area (Å²) < 4.78 is 14.2. The maximum atomic E-state index is 13.2. The summed E-state index contributed by atoms with van der Waals surface area (Å²) in [5.74, 6) is -0.923. The van der Waals surface area contributed by atoms with Crippen LogP contribution < -0.4 is 10.9 Å². The van der Waals surface area contributed by atoms with Crippen LogP contribution in [0.1, 0.15) is 36.8 Å². The van der Waals surface area contributed by atoms with Crippen molar-refractivity contribution in [2.75, 3.05) is 5.32 Å². The third kappa shape index (κ3) is 4.65. The van der Waals surface area contributed by atoms with E-state index in [1.807, 2.05) is 17.5 Å². The monoisotopic (exact) mass is 448 g/mol. The van der Waals surface area contributed by atoms with Crippen molar-refractivity contribution in [1.82, 2.24) is 14.8 Å². The van der Waals surface area contributed by atoms with Crippen LogP contribution in [0.2, 0.25) is 0 Å². The molecule has 0 atom stereocenters. The standard InChI is InChI=1S/C24H21FN4O2S/c1-24(2,3)16-6-4-15(5-7-16)20-14-32-23(26-20)27-22(31)19-12-13-21(30)29(28-19)18-10-8-17(25)9-11-18/h4-14H,1-3H3,(H,26,27,31). The molecule has 0 aliphatic carbocycles. The number of benzene rings is 2. The molecule has 1 amide bonds. The van der Waals surface area contributed by atoms with Crippen molar-refractivity contribution in [2.45, 2.75) is 26.2 Å². The molecule has 6 nitrogen and oxygen atoms in total. The van der Waals surface area contributed by atoms with E-state index in [1.165, 1.54) is 53.3 Å². The minimum atomic E-state index is -0.496. The van der Waals surface area contributed by atoms with Crippen molar-refractivity contribution >= 4 is 22.4 Å². The van der Waals surface area contributed by atoms with Crippen LogP contribution in [0.25, 0.3) is 16.9 Å². The van der Waals surface area contributed by atoms with Gasteiger partial charge in [0.2, 0.25) is 0 Å². The largest absolute Gasteiger partial charge is 0.296 e. The lowest BCUT2D eigenvalue weighted by Crippen LogP contribution is -2.24. The van der Waals surface area contributed by atoms with Gasteiger partial charge in [-0.25, -0.2) is 9.37 Å². The molecule has 32 heavy (non-hydrogen) atoms. The van der Waals surface area contributed by atoms with Gasteiger partial charge in [-0.1, -0.05) is 45.0 Å². The molecule has 0 spiro atoms. The van der Waals surface area contributed by atoms with Gasteiger partial charge in [0.25, 0.3) is 11.5 Å². The molecule has 4 rings (SSSR count). The Balaban J connectivity index is 1.53. The summed E-state index contributed by atoms with van der Waals surface area (Å²) >= 11 is 1.30. The lowest BCUT2D eigenvalue weighted by molar-refractivity contribution is 0.102. The van der Waals surface area contributed by atoms with E-state index >= 15 is 0 Å². The third-order valence-electron chi connectivity index (χ3n) is 4.88. The Morgan fingerprint density at radius 2 is 1.69 bits per heavy atom. The molecule has 0 aliphatic rings. The van der Waals surface area contributed by atoms with Crippen LogP contribution in [0.4, 0.5) is 9.52 Å². The fraction of sp³-hybridized carbons (Fsp3) is 0.167. The molecule has 0 saturated heterocycles. The van der Waals surface area contributed by atoms with E-state index in [-0.39, 0.29) is 11.1 Å². The summed E-state index contributed by atoms with van der Waals surface area (Å²) in [7, 11) is 0. The minimum Gasteiger partial charge on any atom is -0.296 e. The first-order valence-corrected chi connectivity index (χ1v) is 10.8. The SMILES string of the molecule is CC(C)(C)c1ccc(-c2csc(NC(=O)c3ccc(=O)n(-c4ccc(F)cc4)n3)n2)cc1. The van der Waals surface area contributed by atoms with Gasteiger partial charge in [-0.05, 0) is 41.3 Å². The lowest BCUT2D eigenvalue weighted by atomic mass is 9.86. The van der Waals surface area contributed by atoms with Crippen molar-refractivity contribution < 1.29 is 9.18 Å². The van der Waals surface area contributed by atoms with Crippen molar-refractivity contribution in [3.8, 4) is 16.9 Å². The Morgan fingerprint density at radius 1 is 1.00 bits per heavy atom. The molecule has 2 aromatic heterocycles. The zero-order valence-electron chi connectivity index (χ0n) is 17.8. The summed E-state index contributed by atoms with van der Waals surface area (Å²) in [5.41, 5.74) is 2.99. The van der Waals surface area contributed by atoms with E-state index < -0.39 is 17.3 Å². The van der Waals surface area contributed by atoms with Gasteiger partial charge >= 0.3 is 0 Å². The number of nitrogens with zero attached hydrogens (tertiary/aromatic N) is 3. The van der Waals surface area contributed by atoms with Crippen LogP contribution >= 0.6 is 11.3 Å². The topological polar surface area (TPSA) is 76.9 Å². The quantitative estimate of drug-likeness (QED) is 0.474. The summed E-state index contributed by atoms with van der Waals surface area (Å²) in [6, 6.07) is 16.1. The van der Waals surface area contributed by atoms with E-state index in [2.05, 4.69) is 48.3 Å². The van der Waals surface area contributed by atoms with E-state index in [0.29, 0.717) is 10.8 Å². The predicted molar refractivity (Wildman–Crippen MR) is 124 cm³/mol. The van der Waals surface area contributed by atoms with Gasteiger partial charge in [-0.2, -0.15) is 9.78 Å². The molecule has 0 radical (unpaired) electrons. The summed E-state index contributed by atoms with van der Waals surface area (Å²) in [4.78, 5) is 29.3. The lowest BCUT2D eigenvalue weighted by Gasteiger charge is -2.18. The van der Waals surface area contributed by atoms with Crippen LogP contribution in [0.15, 0.2) is 70.8 Å². The summed E-state index contributed by atoms with van der Waals surface area (Å²) in [5, 5.41) is 9.13. The number of carbonyl (C=O) groups excluding carboxylic acids is 1. The summed E-state index contributed by atoms with van der Waals surface area (Å²) in [6.45, 7) is 6.48. The second-order valence-corrected chi connectivity index (χ2v) is 9.12. The minimum absolute atomic E-state index is 0.0419. The Labute approximate surface area is 188 Å². The van der Waals surface area contributed by atoms with E-state index in [1.54, 1.807) is 0 Å². The number of anilines is 1. The molecule has 0 saturated carbocycles. The van der Waals surface area contributed by atoms with Gasteiger partial charge in [-0.3, -0.25) is 14.9 Å². The number of halogens is 1. The van der Waals surface area contributed by atoms with E-state index in [9.17, 15) is 14.0 Å². The van der Waals surface area contributed by atoms with Gasteiger partial charge < -0.3 is 0 Å². The molecular formula is C24H21FN4O2S. The first-order valence-electron chi connectivity index (χ1n) is 9.95. The second kappa shape index (κ2) is 8.47. The zero-order valence-corrected chi connectivity index (χ0v) is 18.6. The maximum absolute atomic E-state index is 13.2. The zero-order chi connectivity index (χ0) is 22.9. The smallest absolute Gasteiger partial charge is 0.277 e. The van der Waals surface area contributed by atoms with Crippen LogP contribution in [-0.2, 0) is 5.41 Å². The van der Waals surface area contributed by atoms with Crippen molar-refractivity contribution in [2.24, 2.45) is 0 Å². The number of rotatable bonds is 4. The normalized spacial score (nSPS) is 11.4.